The number of aliphatic hydroxyl groups is 2. The minimum atomic E-state index is -2.60. The molecular formula is C55H97NO13Si2. The first-order valence-corrected chi connectivity index (χ1v) is 32.6. The molecule has 0 aromatic rings. The molecule has 14 nitrogen and oxygen atoms in total. The van der Waals surface area contributed by atoms with Crippen LogP contribution in [0, 0.1) is 29.6 Å². The van der Waals surface area contributed by atoms with Gasteiger partial charge in [-0.3, -0.25) is 14.4 Å². The first kappa shape index (κ1) is 61.4. The number of esters is 1. The van der Waals surface area contributed by atoms with Crippen LogP contribution in [0.3, 0.4) is 0 Å². The molecule has 1 aliphatic carbocycles. The second-order valence-electron chi connectivity index (χ2n) is 25.0. The maximum Gasteiger partial charge on any atom is 0.329 e. The third-order valence-corrected chi connectivity index (χ3v) is 26.3. The third-order valence-electron chi connectivity index (χ3n) is 17.3. The second-order valence-corrected chi connectivity index (χ2v) is 34.5. The fourth-order valence-electron chi connectivity index (χ4n) is 10.8. The maximum absolute atomic E-state index is 15.0. The molecule has 14 atom stereocenters. The van der Waals surface area contributed by atoms with Gasteiger partial charge in [-0.15, -0.1) is 0 Å². The first-order valence-electron chi connectivity index (χ1n) is 26.8. The molecule has 0 radical (unpaired) electrons. The number of methoxy groups -OCH3 is 3. The molecular weight excluding hydrogens is 939 g/mol. The van der Waals surface area contributed by atoms with Crippen molar-refractivity contribution in [2.24, 2.45) is 29.6 Å². The van der Waals surface area contributed by atoms with Crippen molar-refractivity contribution < 1.29 is 61.9 Å². The van der Waals surface area contributed by atoms with Crippen LogP contribution in [0.15, 0.2) is 23.3 Å². The average Bonchev–Trinajstić information content (AvgIpc) is 3.28. The lowest BCUT2D eigenvalue weighted by molar-refractivity contribution is -0.302. The number of amides is 1. The number of aliphatic hydroxyl groups excluding tert-OH is 1. The van der Waals surface area contributed by atoms with Gasteiger partial charge in [-0.1, -0.05) is 81.4 Å². The number of piperidine rings is 1. The Morgan fingerprint density at radius 3 is 1.93 bits per heavy atom. The summed E-state index contributed by atoms with van der Waals surface area (Å²) in [6.45, 7) is 31.6. The van der Waals surface area contributed by atoms with Crippen molar-refractivity contribution in [1.82, 2.24) is 4.90 Å². The van der Waals surface area contributed by atoms with Crippen molar-refractivity contribution >= 4 is 40.1 Å². The Balaban J connectivity index is 1.89. The largest absolute Gasteiger partial charge is 0.456 e. The number of ether oxygens (including phenoxy) is 5. The minimum Gasteiger partial charge on any atom is -0.456 e. The van der Waals surface area contributed by atoms with Crippen LogP contribution in [0.5, 0.6) is 0 Å². The molecule has 71 heavy (non-hydrogen) atoms. The highest BCUT2D eigenvalue weighted by Gasteiger charge is 2.57. The monoisotopic (exact) mass is 1040 g/mol. The highest BCUT2D eigenvalue weighted by atomic mass is 28.4. The summed E-state index contributed by atoms with van der Waals surface area (Å²) in [5, 5.41) is 22.4. The number of fused-ring (bicyclic) bond motifs is 3. The quantitative estimate of drug-likeness (QED) is 0.0867. The molecule has 2 N–H and O–H groups in total. The first-order chi connectivity index (χ1) is 32.9. The molecule has 3 unspecified atom stereocenters. The highest BCUT2D eigenvalue weighted by Crippen LogP contribution is 2.44. The van der Waals surface area contributed by atoms with E-state index in [9.17, 15) is 24.6 Å². The number of carbonyl (C=O) groups is 4. The Morgan fingerprint density at radius 2 is 1.37 bits per heavy atom. The predicted octanol–water partition coefficient (Wildman–Crippen LogP) is 9.50. The van der Waals surface area contributed by atoms with Crippen molar-refractivity contribution in [1.29, 1.82) is 0 Å². The third kappa shape index (κ3) is 15.1. The number of hydrogen-bond acceptors (Lipinski definition) is 13. The zero-order chi connectivity index (χ0) is 53.6. The lowest BCUT2D eigenvalue weighted by Gasteiger charge is -2.47. The summed E-state index contributed by atoms with van der Waals surface area (Å²) in [4.78, 5) is 60.3. The van der Waals surface area contributed by atoms with Crippen LogP contribution < -0.4 is 0 Å². The molecule has 16 heteroatoms. The number of cyclic esters (lactones) is 1. The number of carbonyl (C=O) groups excluding carboxylic acids is 4. The molecule has 4 aliphatic rings. The van der Waals surface area contributed by atoms with Crippen LogP contribution in [0.2, 0.25) is 36.3 Å². The Kier molecular flexibility index (Phi) is 21.8. The van der Waals surface area contributed by atoms with Crippen LogP contribution >= 0.6 is 0 Å². The molecule has 408 valence electrons. The molecule has 2 bridgehead atoms. The van der Waals surface area contributed by atoms with Crippen LogP contribution in [0.4, 0.5) is 0 Å². The second kappa shape index (κ2) is 25.1. The predicted molar refractivity (Wildman–Crippen MR) is 282 cm³/mol. The summed E-state index contributed by atoms with van der Waals surface area (Å²) in [6, 6.07) is -1.13. The van der Waals surface area contributed by atoms with Gasteiger partial charge in [0.2, 0.25) is 5.79 Å². The molecule has 3 fully saturated rings. The van der Waals surface area contributed by atoms with Crippen molar-refractivity contribution in [2.75, 3.05) is 34.5 Å². The van der Waals surface area contributed by atoms with Crippen molar-refractivity contribution in [2.45, 2.75) is 238 Å². The van der Waals surface area contributed by atoms with Gasteiger partial charge in [0.05, 0.1) is 30.5 Å². The van der Waals surface area contributed by atoms with Crippen LogP contribution in [-0.2, 0) is 51.7 Å². The van der Waals surface area contributed by atoms with Crippen molar-refractivity contribution in [3.8, 4) is 0 Å². The minimum absolute atomic E-state index is 0.00670. The molecule has 0 aromatic heterocycles. The van der Waals surface area contributed by atoms with E-state index in [2.05, 4.69) is 80.7 Å². The SMILES string of the molecule is CO[C@H]1C[C@@H](C)CC(C)C=C(CCO)C(=O)C[C@H](O[Si](C)(C)C(C)(C)C)[C@@H](C)C(C(C)=CC2CC[C@@H](O[Si](C)(C)C(C)(C)C)[C@H](OC)C2)OC(=O)[C@@H]2CCCCN2C(=O)C(=O)[C@]2(O)O[C@H]1[C@@H](OC)C[C@H]2C. The van der Waals surface area contributed by atoms with Crippen LogP contribution in [0.1, 0.15) is 147 Å². The number of ketones is 2. The molecule has 2 saturated heterocycles. The fraction of sp³-hybridized carbons (Fsp3) is 0.855. The lowest BCUT2D eigenvalue weighted by atomic mass is 9.81. The normalized spacial score (nSPS) is 35.6. The average molecular weight is 1040 g/mol. The summed E-state index contributed by atoms with van der Waals surface area (Å²) in [6.07, 6.45) is 5.44. The van der Waals surface area contributed by atoms with E-state index in [1.165, 1.54) is 4.90 Å². The molecule has 3 aliphatic heterocycles. The summed E-state index contributed by atoms with van der Waals surface area (Å²) in [7, 11) is 0.130. The molecule has 3 heterocycles. The van der Waals surface area contributed by atoms with Crippen molar-refractivity contribution in [3.05, 3.63) is 23.3 Å². The Bertz CT molecular complexity index is 1870. The molecule has 4 rings (SSSR count). The summed E-state index contributed by atoms with van der Waals surface area (Å²) in [5.74, 6) is -6.89. The van der Waals surface area contributed by atoms with Gasteiger partial charge in [-0.2, -0.15) is 0 Å². The van der Waals surface area contributed by atoms with Crippen LogP contribution in [-0.4, -0.2) is 144 Å². The standard InChI is InChI=1S/C55H97NO13Si2/c1-34-27-35(2)29-46(64-13)49-47(65-14)31-37(4)55(62,67-49)50(59)51(60)56-25-20-19-21-41(56)52(61)66-48(36(3)30-39-22-23-43(45(32-39)63-12)68-70(15,16)53(6,7)8)38(5)44(69-71(17,18)54(9,10)11)33-42(58)40(28-34)24-26-57/h28,30,34-35,37-39,41,43-49,57,62H,19-27,29,31-33H2,1-18H3/t34?,35-,37+,38+,39?,41-,43+,44-,45+,46-,47-,48?,49+,55+/m0/s1. The Morgan fingerprint density at radius 1 is 0.789 bits per heavy atom. The van der Waals surface area contributed by atoms with Gasteiger partial charge in [-0.05, 0) is 136 Å². The highest BCUT2D eigenvalue weighted by molar-refractivity contribution is 6.74. The molecule has 0 aromatic carbocycles. The molecule has 0 spiro atoms. The van der Waals surface area contributed by atoms with Gasteiger partial charge < -0.3 is 47.6 Å². The number of allylic oxidation sites excluding steroid dienone is 2. The number of rotatable bonds is 11. The Labute approximate surface area is 430 Å². The van der Waals surface area contributed by atoms with E-state index in [0.29, 0.717) is 37.7 Å². The van der Waals surface area contributed by atoms with Gasteiger partial charge in [-0.25, -0.2) is 4.79 Å². The van der Waals surface area contributed by atoms with E-state index in [1.54, 1.807) is 28.3 Å². The zero-order valence-electron chi connectivity index (χ0n) is 47.2. The van der Waals surface area contributed by atoms with E-state index in [4.69, 9.17) is 32.5 Å². The van der Waals surface area contributed by atoms with E-state index in [-0.39, 0.29) is 84.7 Å². The lowest BCUT2D eigenvalue weighted by Crippen LogP contribution is -2.64. The van der Waals surface area contributed by atoms with E-state index in [1.807, 2.05) is 26.8 Å². The smallest absolute Gasteiger partial charge is 0.329 e. The summed E-state index contributed by atoms with van der Waals surface area (Å²) < 4.78 is 45.3. The van der Waals surface area contributed by atoms with Crippen molar-refractivity contribution in [3.63, 3.8) is 0 Å². The zero-order valence-corrected chi connectivity index (χ0v) is 49.2. The topological polar surface area (TPSA) is 177 Å². The van der Waals surface area contributed by atoms with Gasteiger partial charge in [0, 0.05) is 52.7 Å². The molecule has 1 saturated carbocycles. The summed E-state index contributed by atoms with van der Waals surface area (Å²) in [5.41, 5.74) is 1.30. The van der Waals surface area contributed by atoms with Gasteiger partial charge >= 0.3 is 5.97 Å². The van der Waals surface area contributed by atoms with Gasteiger partial charge in [0.25, 0.3) is 11.7 Å². The number of nitrogens with zero attached hydrogens (tertiary/aromatic N) is 1. The Hall–Kier alpha value is -2.13. The van der Waals surface area contributed by atoms with E-state index in [0.717, 1.165) is 18.4 Å². The van der Waals surface area contributed by atoms with E-state index < -0.39 is 88.5 Å². The summed E-state index contributed by atoms with van der Waals surface area (Å²) >= 11 is 0. The maximum atomic E-state index is 15.0. The van der Waals surface area contributed by atoms with E-state index >= 15 is 4.79 Å². The fourth-order valence-corrected chi connectivity index (χ4v) is 13.6. The van der Waals surface area contributed by atoms with Gasteiger partial charge in [0.1, 0.15) is 18.2 Å². The number of Topliss-reactive ketones (excluding diaryl/α,β-unsaturated/α-hetero) is 2. The van der Waals surface area contributed by atoms with Gasteiger partial charge in [0.15, 0.2) is 22.4 Å². The number of hydrogen-bond donors (Lipinski definition) is 2. The van der Waals surface area contributed by atoms with Crippen LogP contribution in [0.25, 0.3) is 0 Å². The molecule has 1 amide bonds.